The van der Waals surface area contributed by atoms with E-state index in [4.69, 9.17) is 10.00 Å². The summed E-state index contributed by atoms with van der Waals surface area (Å²) in [5.74, 6) is -0.00363. The number of nitriles is 1. The SMILES string of the molecule is N#Cc1ccc(S(=O)(=O)NCCC(=O)Oc2ccc3c(c2)CCC3)cc1. The fourth-order valence-corrected chi connectivity index (χ4v) is 3.91. The van der Waals surface area contributed by atoms with Crippen molar-refractivity contribution < 1.29 is 17.9 Å². The van der Waals surface area contributed by atoms with E-state index in [2.05, 4.69) is 4.72 Å². The lowest BCUT2D eigenvalue weighted by molar-refractivity contribution is -0.134. The predicted octanol–water partition coefficient (Wildman–Crippen LogP) is 2.32. The van der Waals surface area contributed by atoms with Crippen LogP contribution in [0, 0.1) is 11.3 Å². The van der Waals surface area contributed by atoms with E-state index in [0.717, 1.165) is 19.3 Å². The Bertz CT molecular complexity index is 960. The summed E-state index contributed by atoms with van der Waals surface area (Å²) in [6.07, 6.45) is 3.09. The first-order valence-corrected chi connectivity index (χ1v) is 9.78. The maximum Gasteiger partial charge on any atom is 0.312 e. The van der Waals surface area contributed by atoms with Crippen LogP contribution in [0.2, 0.25) is 0 Å². The number of benzene rings is 2. The van der Waals surface area contributed by atoms with Crippen LogP contribution < -0.4 is 9.46 Å². The quantitative estimate of drug-likeness (QED) is 0.622. The Labute approximate surface area is 152 Å². The second-order valence-electron chi connectivity index (χ2n) is 6.04. The number of esters is 1. The Morgan fingerprint density at radius 3 is 2.58 bits per heavy atom. The molecule has 134 valence electrons. The van der Waals surface area contributed by atoms with Crippen LogP contribution in [-0.4, -0.2) is 20.9 Å². The number of carbonyl (C=O) groups excluding carboxylic acids is 1. The lowest BCUT2D eigenvalue weighted by Crippen LogP contribution is -2.27. The molecule has 7 heteroatoms. The summed E-state index contributed by atoms with van der Waals surface area (Å²) in [6.45, 7) is -0.0634. The molecule has 2 aromatic carbocycles. The van der Waals surface area contributed by atoms with Gasteiger partial charge in [-0.15, -0.1) is 0 Å². The van der Waals surface area contributed by atoms with Gasteiger partial charge in [-0.3, -0.25) is 4.79 Å². The predicted molar refractivity (Wildman–Crippen MR) is 95.1 cm³/mol. The summed E-state index contributed by atoms with van der Waals surface area (Å²) < 4.78 is 31.9. The van der Waals surface area contributed by atoms with Gasteiger partial charge in [-0.2, -0.15) is 5.26 Å². The van der Waals surface area contributed by atoms with Crippen molar-refractivity contribution >= 4 is 16.0 Å². The summed E-state index contributed by atoms with van der Waals surface area (Å²) in [5, 5.41) is 8.74. The number of hydrogen-bond donors (Lipinski definition) is 1. The highest BCUT2D eigenvalue weighted by atomic mass is 32.2. The third-order valence-electron chi connectivity index (χ3n) is 4.22. The maximum atomic E-state index is 12.2. The molecule has 0 amide bonds. The van der Waals surface area contributed by atoms with Crippen molar-refractivity contribution in [2.24, 2.45) is 0 Å². The number of nitrogens with zero attached hydrogens (tertiary/aromatic N) is 1. The summed E-state index contributed by atoms with van der Waals surface area (Å²) in [6, 6.07) is 13.1. The van der Waals surface area contributed by atoms with Gasteiger partial charge in [-0.1, -0.05) is 6.07 Å². The number of nitrogens with one attached hydrogen (secondary N) is 1. The largest absolute Gasteiger partial charge is 0.426 e. The summed E-state index contributed by atoms with van der Waals surface area (Å²) in [7, 11) is -3.73. The van der Waals surface area contributed by atoms with Crippen LogP contribution in [0.1, 0.15) is 29.5 Å². The number of fused-ring (bicyclic) bond motifs is 1. The average Bonchev–Trinajstić information content (AvgIpc) is 3.09. The summed E-state index contributed by atoms with van der Waals surface area (Å²) in [5.41, 5.74) is 2.87. The van der Waals surface area contributed by atoms with Gasteiger partial charge in [0.2, 0.25) is 10.0 Å². The Hall–Kier alpha value is -2.69. The molecular weight excluding hydrogens is 352 g/mol. The van der Waals surface area contributed by atoms with Gasteiger partial charge in [0.05, 0.1) is 22.9 Å². The highest BCUT2D eigenvalue weighted by Gasteiger charge is 2.16. The van der Waals surface area contributed by atoms with Gasteiger partial charge in [0.25, 0.3) is 0 Å². The minimum Gasteiger partial charge on any atom is -0.426 e. The zero-order valence-corrected chi connectivity index (χ0v) is 14.9. The van der Waals surface area contributed by atoms with Crippen LogP contribution in [0.25, 0.3) is 0 Å². The normalized spacial score (nSPS) is 13.0. The molecule has 0 saturated heterocycles. The molecule has 0 fully saturated rings. The molecule has 0 aromatic heterocycles. The van der Waals surface area contributed by atoms with E-state index in [1.165, 1.54) is 35.4 Å². The Morgan fingerprint density at radius 1 is 1.12 bits per heavy atom. The zero-order chi connectivity index (χ0) is 18.6. The molecule has 2 aromatic rings. The van der Waals surface area contributed by atoms with Crippen LogP contribution in [0.15, 0.2) is 47.4 Å². The van der Waals surface area contributed by atoms with Crippen molar-refractivity contribution in [1.82, 2.24) is 4.72 Å². The fraction of sp³-hybridized carbons (Fsp3) is 0.263. The molecule has 0 heterocycles. The van der Waals surface area contributed by atoms with Crippen molar-refractivity contribution in [1.29, 1.82) is 5.26 Å². The highest BCUT2D eigenvalue weighted by Crippen LogP contribution is 2.26. The van der Waals surface area contributed by atoms with Crippen LogP contribution in [-0.2, 0) is 27.7 Å². The molecule has 0 spiro atoms. The second kappa shape index (κ2) is 7.68. The van der Waals surface area contributed by atoms with E-state index < -0.39 is 16.0 Å². The highest BCUT2D eigenvalue weighted by molar-refractivity contribution is 7.89. The number of rotatable bonds is 6. The van der Waals surface area contributed by atoms with Gasteiger partial charge in [0, 0.05) is 6.54 Å². The summed E-state index contributed by atoms with van der Waals surface area (Å²) >= 11 is 0. The lowest BCUT2D eigenvalue weighted by atomic mass is 10.1. The molecule has 0 bridgehead atoms. The molecule has 1 N–H and O–H groups in total. The van der Waals surface area contributed by atoms with Crippen molar-refractivity contribution in [2.45, 2.75) is 30.6 Å². The lowest BCUT2D eigenvalue weighted by Gasteiger charge is -2.08. The molecule has 26 heavy (non-hydrogen) atoms. The Kier molecular flexibility index (Phi) is 5.35. The van der Waals surface area contributed by atoms with E-state index in [9.17, 15) is 13.2 Å². The minimum atomic E-state index is -3.73. The molecule has 0 atom stereocenters. The molecule has 1 aliphatic rings. The van der Waals surface area contributed by atoms with Gasteiger partial charge in [-0.05, 0) is 66.8 Å². The molecule has 0 aliphatic heterocycles. The van der Waals surface area contributed by atoms with Crippen LogP contribution in [0.4, 0.5) is 0 Å². The monoisotopic (exact) mass is 370 g/mol. The number of aryl methyl sites for hydroxylation is 2. The zero-order valence-electron chi connectivity index (χ0n) is 14.1. The molecule has 1 aliphatic carbocycles. The first-order valence-electron chi connectivity index (χ1n) is 8.30. The number of ether oxygens (including phenoxy) is 1. The van der Waals surface area contributed by atoms with E-state index in [0.29, 0.717) is 11.3 Å². The first kappa shape index (κ1) is 18.1. The standard InChI is InChI=1S/C19H18N2O4S/c20-13-14-4-8-18(9-5-14)26(23,24)21-11-10-19(22)25-17-7-6-15-2-1-3-16(15)12-17/h4-9,12,21H,1-3,10-11H2. The van der Waals surface area contributed by atoms with Crippen LogP contribution in [0.5, 0.6) is 5.75 Å². The third-order valence-corrected chi connectivity index (χ3v) is 5.69. The fourth-order valence-electron chi connectivity index (χ4n) is 2.87. The second-order valence-corrected chi connectivity index (χ2v) is 7.81. The summed E-state index contributed by atoms with van der Waals surface area (Å²) in [4.78, 5) is 12.0. The van der Waals surface area contributed by atoms with Gasteiger partial charge in [0.1, 0.15) is 5.75 Å². The van der Waals surface area contributed by atoms with Gasteiger partial charge >= 0.3 is 5.97 Å². The molecule has 0 saturated carbocycles. The van der Waals surface area contributed by atoms with Gasteiger partial charge in [0.15, 0.2) is 0 Å². The van der Waals surface area contributed by atoms with E-state index in [-0.39, 0.29) is 17.9 Å². The van der Waals surface area contributed by atoms with Gasteiger partial charge in [-0.25, -0.2) is 13.1 Å². The Morgan fingerprint density at radius 2 is 1.85 bits per heavy atom. The third kappa shape index (κ3) is 4.28. The van der Waals surface area contributed by atoms with E-state index >= 15 is 0 Å². The van der Waals surface area contributed by atoms with Crippen LogP contribution in [0.3, 0.4) is 0 Å². The topological polar surface area (TPSA) is 96.3 Å². The van der Waals surface area contributed by atoms with Crippen molar-refractivity contribution in [3.05, 3.63) is 59.2 Å². The van der Waals surface area contributed by atoms with Crippen LogP contribution >= 0.6 is 0 Å². The maximum absolute atomic E-state index is 12.2. The molecule has 3 rings (SSSR count). The smallest absolute Gasteiger partial charge is 0.312 e. The molecule has 6 nitrogen and oxygen atoms in total. The average molecular weight is 370 g/mol. The van der Waals surface area contributed by atoms with Crippen molar-refractivity contribution in [3.8, 4) is 11.8 Å². The van der Waals surface area contributed by atoms with Crippen molar-refractivity contribution in [3.63, 3.8) is 0 Å². The molecule has 0 radical (unpaired) electrons. The number of sulfonamides is 1. The Balaban J connectivity index is 1.52. The first-order chi connectivity index (χ1) is 12.5. The number of carbonyl (C=O) groups is 1. The minimum absolute atomic E-state index is 0.0449. The van der Waals surface area contributed by atoms with Crippen molar-refractivity contribution in [2.75, 3.05) is 6.54 Å². The molecule has 0 unspecified atom stereocenters. The van der Waals surface area contributed by atoms with E-state index in [1.807, 2.05) is 18.2 Å². The van der Waals surface area contributed by atoms with Gasteiger partial charge < -0.3 is 4.74 Å². The van der Waals surface area contributed by atoms with E-state index in [1.54, 1.807) is 6.07 Å². The number of hydrogen-bond acceptors (Lipinski definition) is 5. The molecular formula is C19H18N2O4S.